The third kappa shape index (κ3) is 3.19. The molecule has 2 heterocycles. The second-order valence-electron chi connectivity index (χ2n) is 5.53. The van der Waals surface area contributed by atoms with Crippen molar-refractivity contribution >= 4 is 17.4 Å². The predicted molar refractivity (Wildman–Crippen MR) is 78.5 cm³/mol. The van der Waals surface area contributed by atoms with Gasteiger partial charge in [-0.1, -0.05) is 11.6 Å². The minimum Gasteiger partial charge on any atom is -0.354 e. The lowest BCUT2D eigenvalue weighted by Crippen LogP contribution is -2.47. The number of nitrogens with zero attached hydrogens (tertiary/aromatic N) is 3. The van der Waals surface area contributed by atoms with Gasteiger partial charge in [0.2, 0.25) is 0 Å². The molecule has 4 nitrogen and oxygen atoms in total. The van der Waals surface area contributed by atoms with Crippen LogP contribution in [0.5, 0.6) is 0 Å². The van der Waals surface area contributed by atoms with Gasteiger partial charge < -0.3 is 10.6 Å². The molecule has 0 bridgehead atoms. The third-order valence-electron chi connectivity index (χ3n) is 4.01. The Kier molecular flexibility index (Phi) is 3.91. The molecule has 3 rings (SSSR count). The Labute approximate surface area is 119 Å². The van der Waals surface area contributed by atoms with Gasteiger partial charge in [0, 0.05) is 39.3 Å². The van der Waals surface area contributed by atoms with Crippen molar-refractivity contribution in [3.8, 4) is 0 Å². The molecular formula is C14H21ClN4. The summed E-state index contributed by atoms with van der Waals surface area (Å²) in [5.74, 6) is 1.99. The van der Waals surface area contributed by atoms with Crippen LogP contribution < -0.4 is 10.6 Å². The van der Waals surface area contributed by atoms with Gasteiger partial charge in [-0.25, -0.2) is 4.98 Å². The van der Waals surface area contributed by atoms with Crippen molar-refractivity contribution in [3.05, 3.63) is 22.8 Å². The van der Waals surface area contributed by atoms with Gasteiger partial charge in [-0.05, 0) is 30.9 Å². The number of pyridine rings is 1. The highest BCUT2D eigenvalue weighted by Gasteiger charge is 2.26. The van der Waals surface area contributed by atoms with Crippen molar-refractivity contribution in [1.29, 1.82) is 0 Å². The highest BCUT2D eigenvalue weighted by atomic mass is 35.5. The number of halogens is 1. The zero-order chi connectivity index (χ0) is 13.2. The van der Waals surface area contributed by atoms with Crippen molar-refractivity contribution in [1.82, 2.24) is 9.88 Å². The van der Waals surface area contributed by atoms with E-state index in [-0.39, 0.29) is 0 Å². The average Bonchev–Trinajstić information content (AvgIpc) is 3.24. The summed E-state index contributed by atoms with van der Waals surface area (Å²) in [6, 6.07) is 3.90. The van der Waals surface area contributed by atoms with Gasteiger partial charge in [0.15, 0.2) is 0 Å². The fourth-order valence-corrected chi connectivity index (χ4v) is 2.80. The molecule has 1 aliphatic carbocycles. The molecule has 19 heavy (non-hydrogen) atoms. The second kappa shape index (κ2) is 5.65. The number of anilines is 1. The maximum atomic E-state index is 6.05. The first kappa shape index (κ1) is 13.2. The monoisotopic (exact) mass is 280 g/mol. The summed E-state index contributed by atoms with van der Waals surface area (Å²) in [5.41, 5.74) is 6.45. The van der Waals surface area contributed by atoms with Crippen LogP contribution in [0.2, 0.25) is 5.02 Å². The van der Waals surface area contributed by atoms with E-state index in [1.54, 1.807) is 0 Å². The van der Waals surface area contributed by atoms with Crippen LogP contribution >= 0.6 is 11.6 Å². The topological polar surface area (TPSA) is 45.4 Å². The Morgan fingerprint density at radius 2 is 1.95 bits per heavy atom. The standard InChI is InChI=1S/C14H21ClN4/c15-12-3-4-14(17-13(12)9-16)19-7-5-18(6-8-19)10-11-1-2-11/h3-4,11H,1-2,5-10,16H2. The summed E-state index contributed by atoms with van der Waals surface area (Å²) < 4.78 is 0. The molecule has 0 radical (unpaired) electrons. The lowest BCUT2D eigenvalue weighted by molar-refractivity contribution is 0.247. The van der Waals surface area contributed by atoms with Crippen LogP contribution in [0.3, 0.4) is 0 Å². The molecule has 0 amide bonds. The molecule has 104 valence electrons. The summed E-state index contributed by atoms with van der Waals surface area (Å²) in [6.45, 7) is 6.05. The smallest absolute Gasteiger partial charge is 0.129 e. The summed E-state index contributed by atoms with van der Waals surface area (Å²) in [4.78, 5) is 9.47. The first-order valence-corrected chi connectivity index (χ1v) is 7.47. The Morgan fingerprint density at radius 1 is 1.21 bits per heavy atom. The van der Waals surface area contributed by atoms with Gasteiger partial charge in [0.05, 0.1) is 10.7 Å². The molecule has 1 saturated heterocycles. The maximum absolute atomic E-state index is 6.05. The molecule has 2 N–H and O–H groups in total. The van der Waals surface area contributed by atoms with E-state index in [1.807, 2.05) is 12.1 Å². The molecule has 5 heteroatoms. The normalized spacial score (nSPS) is 20.8. The van der Waals surface area contributed by atoms with E-state index in [0.717, 1.165) is 43.6 Å². The Bertz CT molecular complexity index is 439. The molecule has 0 atom stereocenters. The van der Waals surface area contributed by atoms with Crippen LogP contribution in [-0.4, -0.2) is 42.6 Å². The highest BCUT2D eigenvalue weighted by molar-refractivity contribution is 6.31. The fourth-order valence-electron chi connectivity index (χ4n) is 2.62. The number of hydrogen-bond acceptors (Lipinski definition) is 4. The maximum Gasteiger partial charge on any atom is 0.129 e. The summed E-state index contributed by atoms with van der Waals surface area (Å²) in [6.07, 6.45) is 2.86. The second-order valence-corrected chi connectivity index (χ2v) is 5.94. The molecule has 1 aromatic rings. The van der Waals surface area contributed by atoms with Crippen molar-refractivity contribution in [2.75, 3.05) is 37.6 Å². The van der Waals surface area contributed by atoms with E-state index >= 15 is 0 Å². The molecule has 2 aliphatic rings. The molecule has 1 aromatic heterocycles. The Morgan fingerprint density at radius 3 is 2.58 bits per heavy atom. The highest BCUT2D eigenvalue weighted by Crippen LogP contribution is 2.30. The van der Waals surface area contributed by atoms with Crippen LogP contribution in [0.1, 0.15) is 18.5 Å². The summed E-state index contributed by atoms with van der Waals surface area (Å²) >= 11 is 6.05. The van der Waals surface area contributed by atoms with Gasteiger partial charge in [0.1, 0.15) is 5.82 Å². The minimum atomic E-state index is 0.397. The van der Waals surface area contributed by atoms with Crippen molar-refractivity contribution in [3.63, 3.8) is 0 Å². The van der Waals surface area contributed by atoms with Gasteiger partial charge >= 0.3 is 0 Å². The first-order valence-electron chi connectivity index (χ1n) is 7.09. The Hall–Kier alpha value is -0.840. The molecule has 1 saturated carbocycles. The van der Waals surface area contributed by atoms with Gasteiger partial charge in [-0.3, -0.25) is 4.90 Å². The number of piperazine rings is 1. The predicted octanol–water partition coefficient (Wildman–Crippen LogP) is 1.73. The van der Waals surface area contributed by atoms with Crippen molar-refractivity contribution in [2.45, 2.75) is 19.4 Å². The van der Waals surface area contributed by atoms with E-state index in [9.17, 15) is 0 Å². The molecule has 2 fully saturated rings. The first-order chi connectivity index (χ1) is 9.26. The molecule has 0 unspecified atom stereocenters. The number of rotatable bonds is 4. The Balaban J connectivity index is 1.60. The van der Waals surface area contributed by atoms with Crippen LogP contribution in [0.15, 0.2) is 12.1 Å². The van der Waals surface area contributed by atoms with Crippen LogP contribution in [0.25, 0.3) is 0 Å². The largest absolute Gasteiger partial charge is 0.354 e. The van der Waals surface area contributed by atoms with Crippen molar-refractivity contribution in [2.24, 2.45) is 11.7 Å². The van der Waals surface area contributed by atoms with E-state index in [4.69, 9.17) is 17.3 Å². The van der Waals surface area contributed by atoms with Crippen LogP contribution in [-0.2, 0) is 6.54 Å². The van der Waals surface area contributed by atoms with E-state index < -0.39 is 0 Å². The molecule has 0 aromatic carbocycles. The molecule has 1 aliphatic heterocycles. The minimum absolute atomic E-state index is 0.397. The number of aromatic nitrogens is 1. The van der Waals surface area contributed by atoms with Crippen LogP contribution in [0.4, 0.5) is 5.82 Å². The van der Waals surface area contributed by atoms with Gasteiger partial charge in [-0.15, -0.1) is 0 Å². The number of nitrogens with two attached hydrogens (primary N) is 1. The van der Waals surface area contributed by atoms with E-state index in [0.29, 0.717) is 11.6 Å². The fraction of sp³-hybridized carbons (Fsp3) is 0.643. The van der Waals surface area contributed by atoms with Gasteiger partial charge in [-0.2, -0.15) is 0 Å². The molecule has 0 spiro atoms. The SMILES string of the molecule is NCc1nc(N2CCN(CC3CC3)CC2)ccc1Cl. The van der Waals surface area contributed by atoms with Crippen molar-refractivity contribution < 1.29 is 0 Å². The summed E-state index contributed by atoms with van der Waals surface area (Å²) in [5, 5.41) is 0.665. The van der Waals surface area contributed by atoms with Crippen LogP contribution in [0, 0.1) is 5.92 Å². The molecular weight excluding hydrogens is 260 g/mol. The third-order valence-corrected chi connectivity index (χ3v) is 4.35. The summed E-state index contributed by atoms with van der Waals surface area (Å²) in [7, 11) is 0. The van der Waals surface area contributed by atoms with E-state index in [1.165, 1.54) is 19.4 Å². The lowest BCUT2D eigenvalue weighted by atomic mass is 10.2. The quantitative estimate of drug-likeness (QED) is 0.912. The van der Waals surface area contributed by atoms with Gasteiger partial charge in [0.25, 0.3) is 0 Å². The zero-order valence-corrected chi connectivity index (χ0v) is 11.9. The number of hydrogen-bond donors (Lipinski definition) is 1. The average molecular weight is 281 g/mol. The lowest BCUT2D eigenvalue weighted by Gasteiger charge is -2.35. The van der Waals surface area contributed by atoms with E-state index in [2.05, 4.69) is 14.8 Å². The zero-order valence-electron chi connectivity index (χ0n) is 11.2.